The van der Waals surface area contributed by atoms with Crippen molar-refractivity contribution in [2.45, 2.75) is 44.5 Å². The van der Waals surface area contributed by atoms with Crippen LogP contribution in [0.15, 0.2) is 30.6 Å². The monoisotopic (exact) mass is 406 g/mol. The lowest BCUT2D eigenvalue weighted by molar-refractivity contribution is 0.0389. The van der Waals surface area contributed by atoms with Crippen LogP contribution in [-0.2, 0) is 6.37 Å². The first-order valence-electron chi connectivity index (χ1n) is 14.1. The van der Waals surface area contributed by atoms with Gasteiger partial charge in [0, 0.05) is 55.1 Å². The zero-order chi connectivity index (χ0) is 30.9. The molecular formula is C20H22ClF2N3O. The Kier molecular flexibility index (Phi) is 2.75. The Bertz CT molecular complexity index is 1310. The third kappa shape index (κ3) is 5.01. The number of aromatic nitrogens is 2. The number of rotatable bonds is 5. The summed E-state index contributed by atoms with van der Waals surface area (Å²) in [5.41, 5.74) is -5.01. The van der Waals surface area contributed by atoms with Gasteiger partial charge in [0.2, 0.25) is 0 Å². The van der Waals surface area contributed by atoms with Gasteiger partial charge in [0.25, 0.3) is 5.91 Å². The minimum atomic E-state index is -4.09. The SMILES string of the molecule is [2H]C([2H])([2H])c1cnc(C([2H])([2H])CC([2H])([2H])C2(F)CC([2H])([2H])N(C(=O)c3ccc(F)c(Cl)c3)C([2H])([2H])C2([2H])[2H])nc1. The maximum Gasteiger partial charge on any atom is 0.253 e. The van der Waals surface area contributed by atoms with Gasteiger partial charge in [-0.15, -0.1) is 0 Å². The zero-order valence-electron chi connectivity index (χ0n) is 26.7. The Hall–Kier alpha value is -2.08. The largest absolute Gasteiger partial charge is 0.338 e. The number of carbonyl (C=O) groups excluding carboxylic acids is 1. The van der Waals surface area contributed by atoms with E-state index in [0.717, 1.165) is 30.6 Å². The molecule has 1 aromatic heterocycles. The summed E-state index contributed by atoms with van der Waals surface area (Å²) in [5, 5.41) is -0.584. The molecule has 3 rings (SSSR count). The summed E-state index contributed by atoms with van der Waals surface area (Å²) in [6.45, 7) is -9.90. The molecule has 1 aromatic carbocycles. The van der Waals surface area contributed by atoms with Crippen molar-refractivity contribution in [3.05, 3.63) is 58.4 Å². The van der Waals surface area contributed by atoms with Crippen LogP contribution < -0.4 is 0 Å². The van der Waals surface area contributed by atoms with E-state index >= 15 is 4.39 Å². The molecule has 0 saturated carbocycles. The van der Waals surface area contributed by atoms with E-state index in [1.165, 1.54) is 0 Å². The number of carbonyl (C=O) groups is 1. The van der Waals surface area contributed by atoms with Gasteiger partial charge in [-0.2, -0.15) is 0 Å². The number of hydrogen-bond acceptors (Lipinski definition) is 3. The summed E-state index contributed by atoms with van der Waals surface area (Å²) >= 11 is 5.65. The summed E-state index contributed by atoms with van der Waals surface area (Å²) in [6.07, 6.45) is -12.4. The number of aryl methyl sites for hydroxylation is 2. The third-order valence-electron chi connectivity index (χ3n) is 3.48. The van der Waals surface area contributed by atoms with Gasteiger partial charge >= 0.3 is 0 Å². The molecule has 0 radical (unpaired) electrons. The summed E-state index contributed by atoms with van der Waals surface area (Å²) in [6, 6.07) is 2.30. The molecule has 0 N–H and O–H groups in total. The molecule has 4 nitrogen and oxygen atoms in total. The molecule has 27 heavy (non-hydrogen) atoms. The van der Waals surface area contributed by atoms with Crippen molar-refractivity contribution in [1.82, 2.24) is 14.9 Å². The lowest BCUT2D eigenvalue weighted by Crippen LogP contribution is -2.44. The molecule has 144 valence electrons. The average Bonchev–Trinajstić information content (AvgIpc) is 2.78. The van der Waals surface area contributed by atoms with Gasteiger partial charge in [-0.1, -0.05) is 11.6 Å². The number of likely N-dealkylation sites (tertiary alicyclic amines) is 1. The first-order valence-corrected chi connectivity index (χ1v) is 8.01. The number of halogens is 3. The topological polar surface area (TPSA) is 46.1 Å². The molecule has 1 fully saturated rings. The highest BCUT2D eigenvalue weighted by molar-refractivity contribution is 6.31. The van der Waals surface area contributed by atoms with Crippen LogP contribution in [0.4, 0.5) is 8.78 Å². The fourth-order valence-electron chi connectivity index (χ4n) is 2.09. The van der Waals surface area contributed by atoms with E-state index in [-0.39, 0.29) is 10.5 Å². The van der Waals surface area contributed by atoms with Crippen LogP contribution >= 0.6 is 11.6 Å². The predicted octanol–water partition coefficient (Wildman–Crippen LogP) is 4.54. The number of hydrogen-bond donors (Lipinski definition) is 0. The highest BCUT2D eigenvalue weighted by atomic mass is 35.5. The molecule has 1 unspecified atom stereocenters. The maximum atomic E-state index is 16.6. The maximum absolute atomic E-state index is 16.6. The fraction of sp³-hybridized carbons (Fsp3) is 0.450. The van der Waals surface area contributed by atoms with Crippen LogP contribution in [-0.4, -0.2) is 39.4 Å². The molecule has 1 aliphatic heterocycles. The Labute approximate surface area is 180 Å². The van der Waals surface area contributed by atoms with Gasteiger partial charge in [0.05, 0.1) is 5.02 Å². The quantitative estimate of drug-likeness (QED) is 0.732. The van der Waals surface area contributed by atoms with Crippen molar-refractivity contribution in [2.24, 2.45) is 0 Å². The third-order valence-corrected chi connectivity index (χ3v) is 3.77. The van der Waals surface area contributed by atoms with Crippen molar-refractivity contribution >= 4 is 17.5 Å². The molecule has 0 bridgehead atoms. The average molecular weight is 407 g/mol. The van der Waals surface area contributed by atoms with Crippen LogP contribution in [0.3, 0.4) is 0 Å². The second kappa shape index (κ2) is 8.30. The van der Waals surface area contributed by atoms with Crippen molar-refractivity contribution in [1.29, 1.82) is 0 Å². The van der Waals surface area contributed by atoms with Crippen LogP contribution in [0, 0.1) is 12.7 Å². The van der Waals surface area contributed by atoms with Gasteiger partial charge in [-0.05, 0) is 56.2 Å². The Balaban J connectivity index is 2.04. The molecule has 1 saturated heterocycles. The Morgan fingerprint density at radius 1 is 1.44 bits per heavy atom. The van der Waals surface area contributed by atoms with E-state index < -0.39 is 85.6 Å². The standard InChI is InChI=1S/C20H22ClF2N3O/c1-14-12-24-18(25-13-14)3-2-6-20(23)7-9-26(10-8-20)19(27)15-4-5-17(22)16(21)11-15/h4-5,11-13H,2-3,6-10H2,1H3/i1D3,3D2,6D2,7D2,9D2,10D2. The molecule has 2 aromatic rings. The van der Waals surface area contributed by atoms with Crippen molar-refractivity contribution < 1.29 is 31.4 Å². The molecule has 2 heterocycles. The predicted molar refractivity (Wildman–Crippen MR) is 100 cm³/mol. The van der Waals surface area contributed by atoms with Gasteiger partial charge < -0.3 is 4.90 Å². The summed E-state index contributed by atoms with van der Waals surface area (Å²) in [7, 11) is 0. The molecule has 1 aliphatic rings. The number of alkyl halides is 1. The van der Waals surface area contributed by atoms with Crippen LogP contribution in [0.5, 0.6) is 0 Å². The van der Waals surface area contributed by atoms with E-state index in [2.05, 4.69) is 9.97 Å². The second-order valence-electron chi connectivity index (χ2n) is 5.47. The van der Waals surface area contributed by atoms with Gasteiger partial charge in [0.15, 0.2) is 0 Å². The molecule has 1 amide bonds. The lowest BCUT2D eigenvalue weighted by atomic mass is 9.88. The fourth-order valence-corrected chi connectivity index (χ4v) is 2.27. The highest BCUT2D eigenvalue weighted by Crippen LogP contribution is 2.32. The number of nitrogens with zero attached hydrogens (tertiary/aromatic N) is 3. The van der Waals surface area contributed by atoms with Gasteiger partial charge in [-0.25, -0.2) is 18.7 Å². The lowest BCUT2D eigenvalue weighted by Gasteiger charge is -2.36. The summed E-state index contributed by atoms with van der Waals surface area (Å²) < 4.78 is 135. The van der Waals surface area contributed by atoms with Crippen molar-refractivity contribution in [3.63, 3.8) is 0 Å². The summed E-state index contributed by atoms with van der Waals surface area (Å²) in [4.78, 5) is 20.0. The number of amides is 1. The zero-order valence-corrected chi connectivity index (χ0v) is 14.4. The van der Waals surface area contributed by atoms with Crippen molar-refractivity contribution in [2.75, 3.05) is 13.0 Å². The van der Waals surface area contributed by atoms with Crippen LogP contribution in [0.25, 0.3) is 0 Å². The van der Waals surface area contributed by atoms with E-state index in [0.29, 0.717) is 0 Å². The van der Waals surface area contributed by atoms with Gasteiger partial charge in [-0.3, -0.25) is 4.79 Å². The molecule has 0 spiro atoms. The van der Waals surface area contributed by atoms with Crippen molar-refractivity contribution in [3.8, 4) is 0 Å². The Morgan fingerprint density at radius 3 is 2.93 bits per heavy atom. The second-order valence-corrected chi connectivity index (χ2v) is 5.88. The highest BCUT2D eigenvalue weighted by Gasteiger charge is 2.35. The molecule has 0 aliphatic carbocycles. The summed E-state index contributed by atoms with van der Waals surface area (Å²) in [5.74, 6) is -3.26. The molecule has 1 atom stereocenters. The smallest absolute Gasteiger partial charge is 0.253 e. The van der Waals surface area contributed by atoms with E-state index in [1.807, 2.05) is 0 Å². The van der Waals surface area contributed by atoms with Gasteiger partial charge in [0.1, 0.15) is 17.3 Å². The minimum absolute atomic E-state index is 0.247. The van der Waals surface area contributed by atoms with Crippen LogP contribution in [0.2, 0.25) is 5.02 Å². The van der Waals surface area contributed by atoms with E-state index in [9.17, 15) is 9.18 Å². The first-order chi connectivity index (χ1) is 17.8. The van der Waals surface area contributed by atoms with E-state index in [1.54, 1.807) is 0 Å². The van der Waals surface area contributed by atoms with E-state index in [4.69, 9.17) is 29.4 Å². The number of piperidine rings is 1. The first kappa shape index (κ1) is 8.95. The normalized spacial score (nSPS) is 34.2. The molecule has 7 heteroatoms. The number of benzene rings is 1. The Morgan fingerprint density at radius 2 is 2.22 bits per heavy atom. The van der Waals surface area contributed by atoms with Crippen LogP contribution in [0.1, 0.15) is 65.2 Å². The molecular weight excluding hydrogens is 372 g/mol. The minimum Gasteiger partial charge on any atom is -0.338 e.